The van der Waals surface area contributed by atoms with Gasteiger partial charge < -0.3 is 11.1 Å². The highest BCUT2D eigenvalue weighted by atomic mass is 19.2. The molecule has 1 aromatic rings. The van der Waals surface area contributed by atoms with Gasteiger partial charge in [0.1, 0.15) is 0 Å². The standard InChI is InChI=1S/C12H15F3N2O/c1-2-7(6-16)5-10(18)17-9-4-3-8(13)11(14)12(9)15/h3-4,7H,2,5-6,16H2,1H3,(H,17,18). The molecule has 0 bridgehead atoms. The van der Waals surface area contributed by atoms with E-state index in [2.05, 4.69) is 5.32 Å². The fraction of sp³-hybridized carbons (Fsp3) is 0.417. The summed E-state index contributed by atoms with van der Waals surface area (Å²) < 4.78 is 38.9. The Labute approximate surface area is 103 Å². The van der Waals surface area contributed by atoms with Crippen LogP contribution >= 0.6 is 0 Å². The van der Waals surface area contributed by atoms with Crippen molar-refractivity contribution in [1.29, 1.82) is 0 Å². The molecule has 3 N–H and O–H groups in total. The number of benzene rings is 1. The van der Waals surface area contributed by atoms with Crippen LogP contribution in [0, 0.1) is 23.4 Å². The van der Waals surface area contributed by atoms with Gasteiger partial charge in [-0.25, -0.2) is 13.2 Å². The number of rotatable bonds is 5. The second-order valence-corrected chi connectivity index (χ2v) is 3.99. The second kappa shape index (κ2) is 6.39. The highest BCUT2D eigenvalue weighted by Crippen LogP contribution is 2.20. The van der Waals surface area contributed by atoms with E-state index in [9.17, 15) is 18.0 Å². The number of nitrogens with one attached hydrogen (secondary N) is 1. The molecule has 1 rings (SSSR count). The summed E-state index contributed by atoms with van der Waals surface area (Å²) in [6.07, 6.45) is 0.829. The molecule has 0 saturated carbocycles. The van der Waals surface area contributed by atoms with Crippen LogP contribution in [-0.4, -0.2) is 12.5 Å². The van der Waals surface area contributed by atoms with Crippen LogP contribution in [0.4, 0.5) is 18.9 Å². The van der Waals surface area contributed by atoms with Gasteiger partial charge in [-0.2, -0.15) is 0 Å². The van der Waals surface area contributed by atoms with Crippen molar-refractivity contribution in [3.05, 3.63) is 29.6 Å². The zero-order valence-electron chi connectivity index (χ0n) is 9.97. The zero-order chi connectivity index (χ0) is 13.7. The van der Waals surface area contributed by atoms with Crippen molar-refractivity contribution in [2.45, 2.75) is 19.8 Å². The first-order valence-corrected chi connectivity index (χ1v) is 5.63. The molecule has 0 spiro atoms. The second-order valence-electron chi connectivity index (χ2n) is 3.99. The SMILES string of the molecule is CCC(CN)CC(=O)Nc1ccc(F)c(F)c1F. The van der Waals surface area contributed by atoms with Gasteiger partial charge in [-0.05, 0) is 24.6 Å². The molecule has 0 aliphatic rings. The maximum Gasteiger partial charge on any atom is 0.224 e. The maximum atomic E-state index is 13.3. The number of hydrogen-bond acceptors (Lipinski definition) is 2. The topological polar surface area (TPSA) is 55.1 Å². The minimum Gasteiger partial charge on any atom is -0.330 e. The summed E-state index contributed by atoms with van der Waals surface area (Å²) in [6.45, 7) is 2.22. The van der Waals surface area contributed by atoms with Gasteiger partial charge in [0.2, 0.25) is 5.91 Å². The largest absolute Gasteiger partial charge is 0.330 e. The summed E-state index contributed by atoms with van der Waals surface area (Å²) in [5.74, 6) is -4.78. The van der Waals surface area contributed by atoms with Crippen LogP contribution in [0.3, 0.4) is 0 Å². The lowest BCUT2D eigenvalue weighted by atomic mass is 10.0. The highest BCUT2D eigenvalue weighted by molar-refractivity contribution is 5.91. The van der Waals surface area contributed by atoms with E-state index in [1.165, 1.54) is 0 Å². The monoisotopic (exact) mass is 260 g/mol. The van der Waals surface area contributed by atoms with Crippen molar-refractivity contribution in [1.82, 2.24) is 0 Å². The molecule has 1 atom stereocenters. The average molecular weight is 260 g/mol. The van der Waals surface area contributed by atoms with E-state index in [0.29, 0.717) is 13.0 Å². The lowest BCUT2D eigenvalue weighted by molar-refractivity contribution is -0.117. The van der Waals surface area contributed by atoms with E-state index in [0.717, 1.165) is 12.1 Å². The van der Waals surface area contributed by atoms with Gasteiger partial charge in [0.05, 0.1) is 5.69 Å². The lowest BCUT2D eigenvalue weighted by Gasteiger charge is -2.12. The van der Waals surface area contributed by atoms with Crippen molar-refractivity contribution < 1.29 is 18.0 Å². The Morgan fingerprint density at radius 3 is 2.56 bits per heavy atom. The molecule has 3 nitrogen and oxygen atoms in total. The molecule has 1 aromatic carbocycles. The van der Waals surface area contributed by atoms with Crippen molar-refractivity contribution in [3.63, 3.8) is 0 Å². The van der Waals surface area contributed by atoms with Gasteiger partial charge in [-0.3, -0.25) is 4.79 Å². The summed E-state index contributed by atoms with van der Waals surface area (Å²) in [4.78, 5) is 11.5. The van der Waals surface area contributed by atoms with Crippen LogP contribution < -0.4 is 11.1 Å². The van der Waals surface area contributed by atoms with Gasteiger partial charge in [0.15, 0.2) is 17.5 Å². The van der Waals surface area contributed by atoms with Crippen LogP contribution in [0.25, 0.3) is 0 Å². The molecule has 18 heavy (non-hydrogen) atoms. The highest BCUT2D eigenvalue weighted by Gasteiger charge is 2.16. The molecule has 100 valence electrons. The fourth-order valence-electron chi connectivity index (χ4n) is 1.48. The number of halogens is 3. The smallest absolute Gasteiger partial charge is 0.224 e. The van der Waals surface area contributed by atoms with Crippen LogP contribution in [0.2, 0.25) is 0 Å². The Kier molecular flexibility index (Phi) is 5.15. The third-order valence-electron chi connectivity index (χ3n) is 2.69. The number of anilines is 1. The molecule has 0 aliphatic carbocycles. The average Bonchev–Trinajstić information content (AvgIpc) is 2.36. The summed E-state index contributed by atoms with van der Waals surface area (Å²) in [5.41, 5.74) is 5.07. The molecule has 0 fully saturated rings. The molecule has 0 aromatic heterocycles. The minimum absolute atomic E-state index is 0.0154. The van der Waals surface area contributed by atoms with Crippen molar-refractivity contribution in [3.8, 4) is 0 Å². The summed E-state index contributed by atoms with van der Waals surface area (Å²) in [7, 11) is 0. The molecule has 0 aliphatic heterocycles. The number of hydrogen-bond donors (Lipinski definition) is 2. The Balaban J connectivity index is 2.73. The van der Waals surface area contributed by atoms with Crippen molar-refractivity contribution in [2.24, 2.45) is 11.7 Å². The van der Waals surface area contributed by atoms with Gasteiger partial charge in [0, 0.05) is 6.42 Å². The first-order chi connectivity index (χ1) is 8.49. The van der Waals surface area contributed by atoms with Crippen molar-refractivity contribution >= 4 is 11.6 Å². The molecular formula is C12H15F3N2O. The summed E-state index contributed by atoms with van der Waals surface area (Å²) in [5, 5.41) is 2.20. The normalized spacial score (nSPS) is 12.3. The molecule has 6 heteroatoms. The molecule has 0 heterocycles. The Bertz CT molecular complexity index is 434. The predicted molar refractivity (Wildman–Crippen MR) is 62.4 cm³/mol. The molecule has 0 radical (unpaired) electrons. The summed E-state index contributed by atoms with van der Waals surface area (Å²) in [6, 6.07) is 1.74. The molecule has 1 amide bonds. The van der Waals surface area contributed by atoms with E-state index in [4.69, 9.17) is 5.73 Å². The zero-order valence-corrected chi connectivity index (χ0v) is 9.97. The first kappa shape index (κ1) is 14.5. The lowest BCUT2D eigenvalue weighted by Crippen LogP contribution is -2.22. The Hall–Kier alpha value is -1.56. The van der Waals surface area contributed by atoms with Gasteiger partial charge in [-0.1, -0.05) is 13.3 Å². The third kappa shape index (κ3) is 3.46. The van der Waals surface area contributed by atoms with Crippen LogP contribution in [0.5, 0.6) is 0 Å². The molecule has 0 saturated heterocycles. The number of nitrogens with two attached hydrogens (primary N) is 1. The number of amides is 1. The van der Waals surface area contributed by atoms with E-state index in [1.807, 2.05) is 6.92 Å². The minimum atomic E-state index is -1.60. The molecular weight excluding hydrogens is 245 g/mol. The van der Waals surface area contributed by atoms with Gasteiger partial charge in [-0.15, -0.1) is 0 Å². The van der Waals surface area contributed by atoms with E-state index in [-0.39, 0.29) is 18.0 Å². The van der Waals surface area contributed by atoms with Gasteiger partial charge in [0.25, 0.3) is 0 Å². The quantitative estimate of drug-likeness (QED) is 0.799. The van der Waals surface area contributed by atoms with E-state index >= 15 is 0 Å². The van der Waals surface area contributed by atoms with Crippen LogP contribution in [0.1, 0.15) is 19.8 Å². The first-order valence-electron chi connectivity index (χ1n) is 5.63. The summed E-state index contributed by atoms with van der Waals surface area (Å²) >= 11 is 0. The Morgan fingerprint density at radius 1 is 1.33 bits per heavy atom. The number of carbonyl (C=O) groups excluding carboxylic acids is 1. The fourth-order valence-corrected chi connectivity index (χ4v) is 1.48. The van der Waals surface area contributed by atoms with Crippen LogP contribution in [0.15, 0.2) is 12.1 Å². The predicted octanol–water partition coefficient (Wildman–Crippen LogP) is 2.42. The van der Waals surface area contributed by atoms with Crippen molar-refractivity contribution in [2.75, 3.05) is 11.9 Å². The third-order valence-corrected chi connectivity index (χ3v) is 2.69. The van der Waals surface area contributed by atoms with E-state index < -0.39 is 23.4 Å². The Morgan fingerprint density at radius 2 is 2.00 bits per heavy atom. The number of carbonyl (C=O) groups is 1. The van der Waals surface area contributed by atoms with E-state index in [1.54, 1.807) is 0 Å². The van der Waals surface area contributed by atoms with Crippen LogP contribution in [-0.2, 0) is 4.79 Å². The maximum absolute atomic E-state index is 13.3. The molecule has 1 unspecified atom stereocenters. The van der Waals surface area contributed by atoms with Gasteiger partial charge >= 0.3 is 0 Å².